The Morgan fingerprint density at radius 2 is 1.83 bits per heavy atom. The first-order valence-electron chi connectivity index (χ1n) is 8.89. The third-order valence-corrected chi connectivity index (χ3v) is 5.64. The van der Waals surface area contributed by atoms with Crippen molar-refractivity contribution in [2.75, 3.05) is 32.8 Å². The summed E-state index contributed by atoms with van der Waals surface area (Å²) in [6.45, 7) is 10.3. The van der Waals surface area contributed by atoms with E-state index < -0.39 is 5.91 Å². The van der Waals surface area contributed by atoms with Gasteiger partial charge in [-0.05, 0) is 26.2 Å². The van der Waals surface area contributed by atoms with Crippen LogP contribution in [0.3, 0.4) is 0 Å². The Labute approximate surface area is 138 Å². The van der Waals surface area contributed by atoms with E-state index in [0.717, 1.165) is 39.0 Å². The molecule has 0 unspecified atom stereocenters. The molecule has 0 aromatic rings. The maximum Gasteiger partial charge on any atom is 0.311 e. The largest absolute Gasteiger partial charge is 0.378 e. The summed E-state index contributed by atoms with van der Waals surface area (Å²) in [6, 6.07) is 0.746. The Balaban J connectivity index is 1.47. The van der Waals surface area contributed by atoms with Crippen molar-refractivity contribution >= 4 is 11.8 Å². The Kier molecular flexibility index (Phi) is 4.65. The number of amides is 2. The number of nitrogens with zero attached hydrogens (tertiary/aromatic N) is 2. The van der Waals surface area contributed by atoms with Crippen LogP contribution in [0.5, 0.6) is 0 Å². The molecule has 0 spiro atoms. The van der Waals surface area contributed by atoms with Crippen molar-refractivity contribution < 1.29 is 14.3 Å². The van der Waals surface area contributed by atoms with Crippen molar-refractivity contribution in [1.29, 1.82) is 0 Å². The highest BCUT2D eigenvalue weighted by atomic mass is 16.5. The fraction of sp³-hybridized carbons (Fsp3) is 0.882. The number of piperazine rings is 1. The minimum atomic E-state index is -0.429. The van der Waals surface area contributed by atoms with Crippen LogP contribution in [-0.4, -0.2) is 72.6 Å². The highest BCUT2D eigenvalue weighted by Gasteiger charge is 2.51. The molecule has 1 aliphatic heterocycles. The molecular weight excluding hydrogens is 294 g/mol. The van der Waals surface area contributed by atoms with Gasteiger partial charge >= 0.3 is 11.8 Å². The Hall–Kier alpha value is -1.14. The Bertz CT molecular complexity index is 468. The molecule has 0 aromatic carbocycles. The molecule has 0 aromatic heterocycles. The van der Waals surface area contributed by atoms with Gasteiger partial charge < -0.3 is 15.0 Å². The van der Waals surface area contributed by atoms with Gasteiger partial charge in [0.2, 0.25) is 0 Å². The van der Waals surface area contributed by atoms with Gasteiger partial charge in [-0.25, -0.2) is 0 Å². The summed E-state index contributed by atoms with van der Waals surface area (Å²) in [5.74, 6) is -0.794. The van der Waals surface area contributed by atoms with E-state index in [1.165, 1.54) is 0 Å². The quantitative estimate of drug-likeness (QED) is 0.770. The molecule has 0 radical (unpaired) electrons. The number of carbonyl (C=O) groups excluding carboxylic acids is 2. The topological polar surface area (TPSA) is 61.9 Å². The monoisotopic (exact) mass is 323 g/mol. The van der Waals surface area contributed by atoms with E-state index in [9.17, 15) is 9.59 Å². The van der Waals surface area contributed by atoms with Crippen molar-refractivity contribution in [2.45, 2.75) is 58.2 Å². The second-order valence-corrected chi connectivity index (χ2v) is 7.59. The van der Waals surface area contributed by atoms with Crippen LogP contribution in [-0.2, 0) is 14.3 Å². The van der Waals surface area contributed by atoms with Gasteiger partial charge in [0, 0.05) is 50.3 Å². The zero-order valence-electron chi connectivity index (χ0n) is 14.5. The SMILES string of the molecule is CCO[C@@H]1C[C@H](N2CCN(C(=O)C(=O)NC3CC3)CC2)C1(C)C. The lowest BCUT2D eigenvalue weighted by Crippen LogP contribution is -2.65. The van der Waals surface area contributed by atoms with Gasteiger partial charge in [-0.3, -0.25) is 14.5 Å². The van der Waals surface area contributed by atoms with E-state index in [2.05, 4.69) is 24.1 Å². The summed E-state index contributed by atoms with van der Waals surface area (Å²) < 4.78 is 5.80. The smallest absolute Gasteiger partial charge is 0.311 e. The van der Waals surface area contributed by atoms with E-state index in [-0.39, 0.29) is 17.4 Å². The van der Waals surface area contributed by atoms with Crippen LogP contribution in [0.15, 0.2) is 0 Å². The minimum Gasteiger partial charge on any atom is -0.378 e. The number of hydrogen-bond acceptors (Lipinski definition) is 4. The Morgan fingerprint density at radius 3 is 2.35 bits per heavy atom. The third-order valence-electron chi connectivity index (χ3n) is 5.64. The molecule has 6 nitrogen and oxygen atoms in total. The molecule has 130 valence electrons. The van der Waals surface area contributed by atoms with E-state index in [4.69, 9.17) is 4.74 Å². The fourth-order valence-corrected chi connectivity index (χ4v) is 3.82. The van der Waals surface area contributed by atoms with Crippen LogP contribution >= 0.6 is 0 Å². The standard InChI is InChI=1S/C17H29N3O3/c1-4-23-14-11-13(17(14,2)3)19-7-9-20(10-8-19)16(22)15(21)18-12-5-6-12/h12-14H,4-11H2,1-3H3,(H,18,21)/t13-,14+/m0/s1. The van der Waals surface area contributed by atoms with Gasteiger partial charge in [0.1, 0.15) is 0 Å². The van der Waals surface area contributed by atoms with Crippen molar-refractivity contribution in [3.05, 3.63) is 0 Å². The summed E-state index contributed by atoms with van der Waals surface area (Å²) in [5.41, 5.74) is 0.158. The molecule has 2 saturated carbocycles. The predicted molar refractivity (Wildman–Crippen MR) is 86.9 cm³/mol. The van der Waals surface area contributed by atoms with Gasteiger partial charge in [0.25, 0.3) is 0 Å². The highest BCUT2D eigenvalue weighted by molar-refractivity contribution is 6.35. The maximum atomic E-state index is 12.2. The number of nitrogens with one attached hydrogen (secondary N) is 1. The summed E-state index contributed by atoms with van der Waals surface area (Å²) in [7, 11) is 0. The second-order valence-electron chi connectivity index (χ2n) is 7.59. The predicted octanol–water partition coefficient (Wildman–Crippen LogP) is 0.613. The fourth-order valence-electron chi connectivity index (χ4n) is 3.82. The van der Waals surface area contributed by atoms with Crippen LogP contribution < -0.4 is 5.32 Å². The van der Waals surface area contributed by atoms with E-state index in [1.807, 2.05) is 6.92 Å². The molecule has 3 fully saturated rings. The van der Waals surface area contributed by atoms with E-state index in [1.54, 1.807) is 4.90 Å². The van der Waals surface area contributed by atoms with Gasteiger partial charge in [0.05, 0.1) is 6.10 Å². The molecule has 0 bridgehead atoms. The number of rotatable bonds is 4. The lowest BCUT2D eigenvalue weighted by molar-refractivity contribution is -0.160. The molecule has 2 amide bonds. The lowest BCUT2D eigenvalue weighted by Gasteiger charge is -2.57. The van der Waals surface area contributed by atoms with Crippen LogP contribution in [0.1, 0.15) is 40.0 Å². The molecule has 3 rings (SSSR count). The zero-order valence-corrected chi connectivity index (χ0v) is 14.5. The average molecular weight is 323 g/mol. The van der Waals surface area contributed by atoms with Gasteiger partial charge in [-0.2, -0.15) is 0 Å². The Morgan fingerprint density at radius 1 is 1.17 bits per heavy atom. The second kappa shape index (κ2) is 6.40. The molecule has 2 aliphatic carbocycles. The van der Waals surface area contributed by atoms with Crippen LogP contribution in [0.25, 0.3) is 0 Å². The highest BCUT2D eigenvalue weighted by Crippen LogP contribution is 2.46. The summed E-state index contributed by atoms with van der Waals surface area (Å²) in [4.78, 5) is 28.2. The number of hydrogen-bond donors (Lipinski definition) is 1. The molecule has 3 aliphatic rings. The summed E-state index contributed by atoms with van der Waals surface area (Å²) >= 11 is 0. The zero-order chi connectivity index (χ0) is 16.6. The van der Waals surface area contributed by atoms with Crippen molar-refractivity contribution in [2.24, 2.45) is 5.41 Å². The summed E-state index contributed by atoms with van der Waals surface area (Å²) in [6.07, 6.45) is 3.41. The molecule has 1 N–H and O–H groups in total. The first kappa shape index (κ1) is 16.7. The molecule has 23 heavy (non-hydrogen) atoms. The first-order chi connectivity index (χ1) is 10.9. The first-order valence-corrected chi connectivity index (χ1v) is 8.89. The molecule has 1 heterocycles. The van der Waals surface area contributed by atoms with E-state index in [0.29, 0.717) is 25.2 Å². The van der Waals surface area contributed by atoms with Crippen molar-refractivity contribution in [3.63, 3.8) is 0 Å². The van der Waals surface area contributed by atoms with Gasteiger partial charge in [-0.15, -0.1) is 0 Å². The van der Waals surface area contributed by atoms with Crippen LogP contribution in [0, 0.1) is 5.41 Å². The molecule has 6 heteroatoms. The molecular formula is C17H29N3O3. The molecule has 1 saturated heterocycles. The van der Waals surface area contributed by atoms with Gasteiger partial charge in [0.15, 0.2) is 0 Å². The normalized spacial score (nSPS) is 30.7. The van der Waals surface area contributed by atoms with Crippen molar-refractivity contribution in [3.8, 4) is 0 Å². The molecule has 2 atom stereocenters. The number of carbonyl (C=O) groups is 2. The lowest BCUT2D eigenvalue weighted by atomic mass is 9.63. The van der Waals surface area contributed by atoms with E-state index >= 15 is 0 Å². The van der Waals surface area contributed by atoms with Gasteiger partial charge in [-0.1, -0.05) is 13.8 Å². The minimum absolute atomic E-state index is 0.158. The average Bonchev–Trinajstić information content (AvgIpc) is 3.34. The van der Waals surface area contributed by atoms with Crippen LogP contribution in [0.4, 0.5) is 0 Å². The third kappa shape index (κ3) is 3.38. The summed E-state index contributed by atoms with van der Waals surface area (Å²) in [5, 5.41) is 2.78. The van der Waals surface area contributed by atoms with Crippen LogP contribution in [0.2, 0.25) is 0 Å². The van der Waals surface area contributed by atoms with Crippen molar-refractivity contribution in [1.82, 2.24) is 15.1 Å². The maximum absolute atomic E-state index is 12.2. The number of ether oxygens (including phenoxy) is 1.